The predicted octanol–water partition coefficient (Wildman–Crippen LogP) is 0.123. The predicted molar refractivity (Wildman–Crippen MR) is 43.2 cm³/mol. The van der Waals surface area contributed by atoms with E-state index in [0.717, 1.165) is 19.4 Å². The van der Waals surface area contributed by atoms with Crippen molar-refractivity contribution in [2.45, 2.75) is 25.9 Å². The van der Waals surface area contributed by atoms with Crippen molar-refractivity contribution in [3.63, 3.8) is 0 Å². The third kappa shape index (κ3) is 1.55. The van der Waals surface area contributed by atoms with E-state index in [1.807, 2.05) is 6.92 Å². The Labute approximate surface area is 67.5 Å². The first kappa shape index (κ1) is 8.97. The molecule has 0 aromatic rings. The molecule has 0 aliphatic carbocycles. The van der Waals surface area contributed by atoms with Crippen LogP contribution < -0.4 is 5.73 Å². The van der Waals surface area contributed by atoms with Gasteiger partial charge in [0.25, 0.3) is 0 Å². The van der Waals surface area contributed by atoms with Gasteiger partial charge in [0.15, 0.2) is 0 Å². The average molecular weight is 159 g/mol. The minimum absolute atomic E-state index is 0.0503. The third-order valence-electron chi connectivity index (χ3n) is 2.85. The molecule has 1 heterocycles. The fraction of sp³-hybridized carbons (Fsp3) is 1.00. The van der Waals surface area contributed by atoms with Gasteiger partial charge in [0.1, 0.15) is 0 Å². The molecule has 3 heteroatoms. The SMILES string of the molecule is CC1OCCC1(CN)CCO. The van der Waals surface area contributed by atoms with E-state index >= 15 is 0 Å². The first-order chi connectivity index (χ1) is 5.25. The average Bonchev–Trinajstić information content (AvgIpc) is 2.35. The Morgan fingerprint density at radius 1 is 1.73 bits per heavy atom. The normalized spacial score (nSPS) is 37.9. The maximum absolute atomic E-state index is 8.83. The zero-order chi connectivity index (χ0) is 8.32. The van der Waals surface area contributed by atoms with Crippen molar-refractivity contribution in [2.24, 2.45) is 11.1 Å². The second kappa shape index (κ2) is 3.52. The van der Waals surface area contributed by atoms with Crippen molar-refractivity contribution in [3.8, 4) is 0 Å². The highest BCUT2D eigenvalue weighted by molar-refractivity contribution is 4.89. The summed E-state index contributed by atoms with van der Waals surface area (Å²) in [4.78, 5) is 0. The first-order valence-electron chi connectivity index (χ1n) is 4.18. The van der Waals surface area contributed by atoms with Crippen LogP contribution in [0.2, 0.25) is 0 Å². The van der Waals surface area contributed by atoms with E-state index in [-0.39, 0.29) is 18.1 Å². The quantitative estimate of drug-likeness (QED) is 0.615. The molecule has 0 radical (unpaired) electrons. The number of rotatable bonds is 3. The van der Waals surface area contributed by atoms with Crippen molar-refractivity contribution in [2.75, 3.05) is 19.8 Å². The summed E-state index contributed by atoms with van der Waals surface area (Å²) >= 11 is 0. The van der Waals surface area contributed by atoms with Gasteiger partial charge >= 0.3 is 0 Å². The summed E-state index contributed by atoms with van der Waals surface area (Å²) in [6.07, 6.45) is 1.97. The molecule has 0 saturated carbocycles. The van der Waals surface area contributed by atoms with Gasteiger partial charge < -0.3 is 15.6 Å². The Morgan fingerprint density at radius 2 is 2.45 bits per heavy atom. The van der Waals surface area contributed by atoms with Gasteiger partial charge in [0.05, 0.1) is 6.10 Å². The van der Waals surface area contributed by atoms with Crippen LogP contribution in [0.4, 0.5) is 0 Å². The molecule has 2 atom stereocenters. The van der Waals surface area contributed by atoms with Crippen LogP contribution in [-0.4, -0.2) is 31.0 Å². The molecule has 1 aliphatic heterocycles. The highest BCUT2D eigenvalue weighted by atomic mass is 16.5. The van der Waals surface area contributed by atoms with Crippen molar-refractivity contribution in [3.05, 3.63) is 0 Å². The van der Waals surface area contributed by atoms with E-state index in [9.17, 15) is 0 Å². The molecular weight excluding hydrogens is 142 g/mol. The van der Waals surface area contributed by atoms with Crippen molar-refractivity contribution >= 4 is 0 Å². The fourth-order valence-electron chi connectivity index (χ4n) is 1.74. The Balaban J connectivity index is 2.57. The van der Waals surface area contributed by atoms with E-state index < -0.39 is 0 Å². The van der Waals surface area contributed by atoms with Crippen LogP contribution >= 0.6 is 0 Å². The molecule has 1 aliphatic rings. The molecule has 1 rings (SSSR count). The number of nitrogens with two attached hydrogens (primary N) is 1. The second-order valence-electron chi connectivity index (χ2n) is 3.30. The van der Waals surface area contributed by atoms with E-state index in [1.54, 1.807) is 0 Å². The second-order valence-corrected chi connectivity index (χ2v) is 3.30. The molecule has 11 heavy (non-hydrogen) atoms. The molecule has 0 bridgehead atoms. The van der Waals surface area contributed by atoms with Gasteiger partial charge in [0, 0.05) is 25.2 Å². The smallest absolute Gasteiger partial charge is 0.0616 e. The van der Waals surface area contributed by atoms with E-state index in [0.29, 0.717) is 6.54 Å². The maximum atomic E-state index is 8.83. The molecular formula is C8H17NO2. The lowest BCUT2D eigenvalue weighted by atomic mass is 9.79. The summed E-state index contributed by atoms with van der Waals surface area (Å²) in [7, 11) is 0. The molecule has 0 aromatic heterocycles. The third-order valence-corrected chi connectivity index (χ3v) is 2.85. The highest BCUT2D eigenvalue weighted by Crippen LogP contribution is 2.36. The molecule has 1 fully saturated rings. The number of ether oxygens (including phenoxy) is 1. The minimum atomic E-state index is 0.0503. The topological polar surface area (TPSA) is 55.5 Å². The zero-order valence-corrected chi connectivity index (χ0v) is 7.05. The van der Waals surface area contributed by atoms with Gasteiger partial charge in [-0.15, -0.1) is 0 Å². The van der Waals surface area contributed by atoms with Crippen molar-refractivity contribution in [1.29, 1.82) is 0 Å². The van der Waals surface area contributed by atoms with Gasteiger partial charge in [-0.3, -0.25) is 0 Å². The van der Waals surface area contributed by atoms with Crippen molar-refractivity contribution in [1.82, 2.24) is 0 Å². The minimum Gasteiger partial charge on any atom is -0.396 e. The van der Waals surface area contributed by atoms with Gasteiger partial charge in [-0.05, 0) is 19.8 Å². The number of aliphatic hydroxyl groups excluding tert-OH is 1. The highest BCUT2D eigenvalue weighted by Gasteiger charge is 2.39. The summed E-state index contributed by atoms with van der Waals surface area (Å²) in [5.74, 6) is 0. The molecule has 0 aromatic carbocycles. The lowest BCUT2D eigenvalue weighted by Crippen LogP contribution is -2.37. The molecule has 3 N–H and O–H groups in total. The van der Waals surface area contributed by atoms with Gasteiger partial charge in [-0.2, -0.15) is 0 Å². The van der Waals surface area contributed by atoms with Gasteiger partial charge in [-0.1, -0.05) is 0 Å². The van der Waals surface area contributed by atoms with E-state index in [4.69, 9.17) is 15.6 Å². The van der Waals surface area contributed by atoms with Crippen LogP contribution in [0.25, 0.3) is 0 Å². The number of aliphatic hydroxyl groups is 1. The molecule has 2 unspecified atom stereocenters. The molecule has 0 spiro atoms. The standard InChI is InChI=1S/C8H17NO2/c1-7-8(6-9,2-4-10)3-5-11-7/h7,10H,2-6,9H2,1H3. The summed E-state index contributed by atoms with van der Waals surface area (Å²) in [5, 5.41) is 8.83. The summed E-state index contributed by atoms with van der Waals surface area (Å²) in [6.45, 7) is 3.66. The number of hydrogen-bond donors (Lipinski definition) is 2. The first-order valence-corrected chi connectivity index (χ1v) is 4.18. The molecule has 1 saturated heterocycles. The van der Waals surface area contributed by atoms with Crippen LogP contribution in [0.3, 0.4) is 0 Å². The zero-order valence-electron chi connectivity index (χ0n) is 7.05. The Morgan fingerprint density at radius 3 is 2.82 bits per heavy atom. The Hall–Kier alpha value is -0.120. The number of hydrogen-bond acceptors (Lipinski definition) is 3. The lowest BCUT2D eigenvalue weighted by Gasteiger charge is -2.29. The van der Waals surface area contributed by atoms with E-state index in [1.165, 1.54) is 0 Å². The Kier molecular flexibility index (Phi) is 2.87. The van der Waals surface area contributed by atoms with E-state index in [2.05, 4.69) is 0 Å². The van der Waals surface area contributed by atoms with Crippen molar-refractivity contribution < 1.29 is 9.84 Å². The van der Waals surface area contributed by atoms with Crippen LogP contribution in [0.5, 0.6) is 0 Å². The molecule has 3 nitrogen and oxygen atoms in total. The van der Waals surface area contributed by atoms with Crippen LogP contribution in [-0.2, 0) is 4.74 Å². The molecule has 66 valence electrons. The lowest BCUT2D eigenvalue weighted by molar-refractivity contribution is 0.0530. The van der Waals surface area contributed by atoms with Crippen LogP contribution in [0.1, 0.15) is 19.8 Å². The van der Waals surface area contributed by atoms with Gasteiger partial charge in [-0.25, -0.2) is 0 Å². The monoisotopic (exact) mass is 159 g/mol. The maximum Gasteiger partial charge on any atom is 0.0616 e. The fourth-order valence-corrected chi connectivity index (χ4v) is 1.74. The van der Waals surface area contributed by atoms with Crippen LogP contribution in [0, 0.1) is 5.41 Å². The summed E-state index contributed by atoms with van der Waals surface area (Å²) < 4.78 is 5.42. The largest absolute Gasteiger partial charge is 0.396 e. The summed E-state index contributed by atoms with van der Waals surface area (Å²) in [6, 6.07) is 0. The Bertz CT molecular complexity index is 129. The summed E-state index contributed by atoms with van der Waals surface area (Å²) in [5.41, 5.74) is 5.70. The van der Waals surface area contributed by atoms with Gasteiger partial charge in [0.2, 0.25) is 0 Å². The van der Waals surface area contributed by atoms with Crippen LogP contribution in [0.15, 0.2) is 0 Å². The molecule has 0 amide bonds.